The van der Waals surface area contributed by atoms with Crippen molar-refractivity contribution in [2.45, 2.75) is 32.3 Å². The van der Waals surface area contributed by atoms with Gasteiger partial charge in [0, 0.05) is 19.7 Å². The number of carbonyl (C=O) groups excluding carboxylic acids is 2. The number of carbonyl (C=O) groups is 2. The largest absolute Gasteiger partial charge is 0.377 e. The molecule has 104 valence electrons. The molecule has 1 heterocycles. The first kappa shape index (κ1) is 14.9. The van der Waals surface area contributed by atoms with E-state index in [0.29, 0.717) is 6.54 Å². The van der Waals surface area contributed by atoms with Gasteiger partial charge in [-0.1, -0.05) is 0 Å². The molecule has 1 fully saturated rings. The third kappa shape index (κ3) is 5.97. The second-order valence-corrected chi connectivity index (χ2v) is 4.59. The maximum atomic E-state index is 11.5. The summed E-state index contributed by atoms with van der Waals surface area (Å²) in [4.78, 5) is 24.5. The zero-order chi connectivity index (χ0) is 13.4. The minimum atomic E-state index is -0.440. The van der Waals surface area contributed by atoms with Gasteiger partial charge in [-0.15, -0.1) is 0 Å². The normalized spacial score (nSPS) is 19.6. The van der Waals surface area contributed by atoms with Gasteiger partial charge in [-0.05, 0) is 33.2 Å². The number of nitrogens with one attached hydrogen (secondary N) is 2. The van der Waals surface area contributed by atoms with Gasteiger partial charge in [-0.2, -0.15) is 0 Å². The van der Waals surface area contributed by atoms with Gasteiger partial charge in [0.05, 0.1) is 12.6 Å². The lowest BCUT2D eigenvalue weighted by atomic mass is 10.1. The molecule has 0 spiro atoms. The van der Waals surface area contributed by atoms with Crippen molar-refractivity contribution < 1.29 is 14.3 Å². The highest BCUT2D eigenvalue weighted by Crippen LogP contribution is 2.13. The summed E-state index contributed by atoms with van der Waals surface area (Å²) >= 11 is 0. The molecule has 3 amide bonds. The average Bonchev–Trinajstić information content (AvgIpc) is 2.29. The standard InChI is InChI=1S/C12H23N3O3/c1-3-13-12(17)14-11(16)9-15(2)8-10-6-4-5-7-18-10/h10H,3-9H2,1-2H3,(H2,13,14,16,17). The molecule has 2 N–H and O–H groups in total. The van der Waals surface area contributed by atoms with Crippen LogP contribution < -0.4 is 10.6 Å². The van der Waals surface area contributed by atoms with E-state index in [9.17, 15) is 9.59 Å². The molecular weight excluding hydrogens is 234 g/mol. The first-order valence-corrected chi connectivity index (χ1v) is 6.49. The smallest absolute Gasteiger partial charge is 0.321 e. The highest BCUT2D eigenvalue weighted by Gasteiger charge is 2.17. The SMILES string of the molecule is CCNC(=O)NC(=O)CN(C)CC1CCCCO1. The third-order valence-corrected chi connectivity index (χ3v) is 2.79. The summed E-state index contributed by atoms with van der Waals surface area (Å²) in [5.74, 6) is -0.292. The fraction of sp³-hybridized carbons (Fsp3) is 0.833. The van der Waals surface area contributed by atoms with E-state index in [1.807, 2.05) is 11.9 Å². The van der Waals surface area contributed by atoms with Crippen LogP contribution in [0, 0.1) is 0 Å². The number of ether oxygens (including phenoxy) is 1. The molecule has 0 aliphatic carbocycles. The van der Waals surface area contributed by atoms with Crippen molar-refractivity contribution in [3.8, 4) is 0 Å². The number of nitrogens with zero attached hydrogens (tertiary/aromatic N) is 1. The second-order valence-electron chi connectivity index (χ2n) is 4.59. The van der Waals surface area contributed by atoms with Crippen molar-refractivity contribution in [1.82, 2.24) is 15.5 Å². The summed E-state index contributed by atoms with van der Waals surface area (Å²) < 4.78 is 5.60. The van der Waals surface area contributed by atoms with Gasteiger partial charge in [0.25, 0.3) is 0 Å². The molecule has 1 atom stereocenters. The van der Waals surface area contributed by atoms with E-state index in [-0.39, 0.29) is 18.6 Å². The van der Waals surface area contributed by atoms with E-state index >= 15 is 0 Å². The average molecular weight is 257 g/mol. The Hall–Kier alpha value is -1.14. The number of amides is 3. The zero-order valence-corrected chi connectivity index (χ0v) is 11.2. The van der Waals surface area contributed by atoms with Crippen molar-refractivity contribution in [2.75, 3.05) is 33.3 Å². The van der Waals surface area contributed by atoms with E-state index in [1.165, 1.54) is 6.42 Å². The van der Waals surface area contributed by atoms with Crippen molar-refractivity contribution >= 4 is 11.9 Å². The molecule has 0 bridgehead atoms. The third-order valence-electron chi connectivity index (χ3n) is 2.79. The van der Waals surface area contributed by atoms with Crippen LogP contribution in [0.5, 0.6) is 0 Å². The molecule has 18 heavy (non-hydrogen) atoms. The van der Waals surface area contributed by atoms with Crippen LogP contribution in [0.1, 0.15) is 26.2 Å². The molecule has 6 nitrogen and oxygen atoms in total. The molecule has 1 rings (SSSR count). The zero-order valence-electron chi connectivity index (χ0n) is 11.2. The summed E-state index contributed by atoms with van der Waals surface area (Å²) in [5, 5.41) is 4.79. The van der Waals surface area contributed by atoms with Crippen LogP contribution in [0.15, 0.2) is 0 Å². The summed E-state index contributed by atoms with van der Waals surface area (Å²) in [5.41, 5.74) is 0. The van der Waals surface area contributed by atoms with Gasteiger partial charge in [0.1, 0.15) is 0 Å². The molecule has 1 aliphatic heterocycles. The Bertz CT molecular complexity index is 278. The molecule has 0 aromatic carbocycles. The fourth-order valence-electron chi connectivity index (χ4n) is 1.98. The molecule has 0 aromatic heterocycles. The summed E-state index contributed by atoms with van der Waals surface area (Å²) in [6, 6.07) is -0.440. The number of rotatable bonds is 5. The highest BCUT2D eigenvalue weighted by molar-refractivity contribution is 5.95. The van der Waals surface area contributed by atoms with Crippen molar-refractivity contribution in [3.05, 3.63) is 0 Å². The number of urea groups is 1. The predicted octanol–water partition coefficient (Wildman–Crippen LogP) is 0.333. The minimum Gasteiger partial charge on any atom is -0.377 e. The fourth-order valence-corrected chi connectivity index (χ4v) is 1.98. The maximum Gasteiger partial charge on any atom is 0.321 e. The number of hydrogen-bond acceptors (Lipinski definition) is 4. The first-order chi connectivity index (χ1) is 8.61. The van der Waals surface area contributed by atoms with Gasteiger partial charge < -0.3 is 10.1 Å². The van der Waals surface area contributed by atoms with Crippen molar-refractivity contribution in [1.29, 1.82) is 0 Å². The van der Waals surface area contributed by atoms with Gasteiger partial charge in [-0.3, -0.25) is 15.0 Å². The number of likely N-dealkylation sites (N-methyl/N-ethyl adjacent to an activating group) is 1. The van der Waals surface area contributed by atoms with E-state index in [4.69, 9.17) is 4.74 Å². The lowest BCUT2D eigenvalue weighted by Crippen LogP contribution is -2.45. The van der Waals surface area contributed by atoms with Crippen LogP contribution in [0.2, 0.25) is 0 Å². The summed E-state index contributed by atoms with van der Waals surface area (Å²) in [6.45, 7) is 4.05. The maximum absolute atomic E-state index is 11.5. The quantitative estimate of drug-likeness (QED) is 0.745. The molecular formula is C12H23N3O3. The Labute approximate surface area is 108 Å². The summed E-state index contributed by atoms with van der Waals surface area (Å²) in [6.07, 6.45) is 3.56. The Morgan fingerprint density at radius 3 is 2.78 bits per heavy atom. The van der Waals surface area contributed by atoms with Crippen molar-refractivity contribution in [3.63, 3.8) is 0 Å². The Kier molecular flexibility index (Phi) is 6.67. The van der Waals surface area contributed by atoms with Gasteiger partial charge in [-0.25, -0.2) is 4.79 Å². The monoisotopic (exact) mass is 257 g/mol. The van der Waals surface area contributed by atoms with E-state index in [1.54, 1.807) is 6.92 Å². The Morgan fingerprint density at radius 1 is 1.39 bits per heavy atom. The Morgan fingerprint density at radius 2 is 2.17 bits per heavy atom. The van der Waals surface area contributed by atoms with E-state index in [2.05, 4.69) is 10.6 Å². The minimum absolute atomic E-state index is 0.205. The molecule has 1 unspecified atom stereocenters. The molecule has 6 heteroatoms. The van der Waals surface area contributed by atoms with E-state index < -0.39 is 6.03 Å². The molecule has 1 saturated heterocycles. The van der Waals surface area contributed by atoms with Crippen LogP contribution >= 0.6 is 0 Å². The lowest BCUT2D eigenvalue weighted by Gasteiger charge is -2.26. The molecule has 0 radical (unpaired) electrons. The molecule has 0 aromatic rings. The topological polar surface area (TPSA) is 70.7 Å². The predicted molar refractivity (Wildman–Crippen MR) is 68.3 cm³/mol. The molecule has 1 aliphatic rings. The Balaban J connectivity index is 2.19. The lowest BCUT2D eigenvalue weighted by molar-refractivity contribution is -0.121. The van der Waals surface area contributed by atoms with Crippen LogP contribution in [0.3, 0.4) is 0 Å². The van der Waals surface area contributed by atoms with Crippen LogP contribution in [-0.4, -0.2) is 56.2 Å². The number of imide groups is 1. The second kappa shape index (κ2) is 8.05. The van der Waals surface area contributed by atoms with Crippen LogP contribution in [-0.2, 0) is 9.53 Å². The molecule has 0 saturated carbocycles. The van der Waals surface area contributed by atoms with Crippen LogP contribution in [0.25, 0.3) is 0 Å². The first-order valence-electron chi connectivity index (χ1n) is 6.49. The van der Waals surface area contributed by atoms with E-state index in [0.717, 1.165) is 26.0 Å². The number of hydrogen-bond donors (Lipinski definition) is 2. The van der Waals surface area contributed by atoms with Crippen molar-refractivity contribution in [2.24, 2.45) is 0 Å². The van der Waals surface area contributed by atoms with Gasteiger partial charge in [0.15, 0.2) is 0 Å². The van der Waals surface area contributed by atoms with Crippen LogP contribution in [0.4, 0.5) is 4.79 Å². The highest BCUT2D eigenvalue weighted by atomic mass is 16.5. The summed E-state index contributed by atoms with van der Waals surface area (Å²) in [7, 11) is 1.86. The van der Waals surface area contributed by atoms with Gasteiger partial charge in [0.2, 0.25) is 5.91 Å². The van der Waals surface area contributed by atoms with Gasteiger partial charge >= 0.3 is 6.03 Å².